The lowest BCUT2D eigenvalue weighted by atomic mass is 10.0. The molecule has 2 aliphatic rings. The number of benzene rings is 1. The second kappa shape index (κ2) is 7.51. The van der Waals surface area contributed by atoms with Gasteiger partial charge in [-0.1, -0.05) is 44.7 Å². The van der Waals surface area contributed by atoms with E-state index in [0.29, 0.717) is 16.0 Å². The topological polar surface area (TPSA) is 37.4 Å². The van der Waals surface area contributed by atoms with Gasteiger partial charge in [-0.15, -0.1) is 11.8 Å². The van der Waals surface area contributed by atoms with E-state index in [2.05, 4.69) is 0 Å². The van der Waals surface area contributed by atoms with E-state index in [0.717, 1.165) is 31.4 Å². The Morgan fingerprint density at radius 2 is 1.67 bits per heavy atom. The van der Waals surface area contributed by atoms with Crippen LogP contribution in [0.4, 0.5) is 4.39 Å². The first-order valence-corrected chi connectivity index (χ1v) is 9.63. The number of carbonyl (C=O) groups is 2. The van der Waals surface area contributed by atoms with Crippen molar-refractivity contribution in [1.82, 2.24) is 4.90 Å². The van der Waals surface area contributed by atoms with Crippen LogP contribution < -0.4 is 0 Å². The third-order valence-corrected chi connectivity index (χ3v) is 5.64. The average Bonchev–Trinajstić information content (AvgIpc) is 2.77. The van der Waals surface area contributed by atoms with Crippen molar-refractivity contribution in [1.29, 1.82) is 0 Å². The molecule has 24 heavy (non-hydrogen) atoms. The molecule has 128 valence electrons. The second-order valence-corrected chi connectivity index (χ2v) is 7.54. The van der Waals surface area contributed by atoms with Crippen LogP contribution >= 0.6 is 11.8 Å². The number of halogens is 1. The molecule has 0 aromatic heterocycles. The van der Waals surface area contributed by atoms with Crippen molar-refractivity contribution < 1.29 is 14.0 Å². The molecule has 1 aliphatic carbocycles. The highest BCUT2D eigenvalue weighted by Gasteiger charge is 2.42. The smallest absolute Gasteiger partial charge is 0.268 e. The third kappa shape index (κ3) is 3.27. The molecule has 1 fully saturated rings. The minimum Gasteiger partial charge on any atom is -0.271 e. The molecule has 1 saturated carbocycles. The fourth-order valence-corrected chi connectivity index (χ4v) is 4.38. The highest BCUT2D eigenvalue weighted by molar-refractivity contribution is 8.04. The lowest BCUT2D eigenvalue weighted by Crippen LogP contribution is -2.40. The van der Waals surface area contributed by atoms with Gasteiger partial charge in [0.15, 0.2) is 0 Å². The van der Waals surface area contributed by atoms with Gasteiger partial charge in [-0.3, -0.25) is 14.5 Å². The number of thioether (sulfide) groups is 1. The summed E-state index contributed by atoms with van der Waals surface area (Å²) < 4.78 is 13.2. The number of hydrogen-bond acceptors (Lipinski definition) is 3. The average molecular weight is 347 g/mol. The van der Waals surface area contributed by atoms with Crippen LogP contribution in [-0.4, -0.2) is 28.5 Å². The lowest BCUT2D eigenvalue weighted by molar-refractivity contribution is -0.139. The normalized spacial score (nSPS) is 20.0. The summed E-state index contributed by atoms with van der Waals surface area (Å²) in [6.45, 7) is 1.96. The zero-order valence-electron chi connectivity index (χ0n) is 13.9. The zero-order chi connectivity index (χ0) is 17.1. The molecule has 0 saturated heterocycles. The van der Waals surface area contributed by atoms with E-state index in [9.17, 15) is 14.0 Å². The monoisotopic (exact) mass is 347 g/mol. The van der Waals surface area contributed by atoms with Crippen molar-refractivity contribution >= 4 is 29.1 Å². The van der Waals surface area contributed by atoms with Crippen LogP contribution in [0, 0.1) is 5.82 Å². The fourth-order valence-electron chi connectivity index (χ4n) is 3.52. The highest BCUT2D eigenvalue weighted by atomic mass is 32.2. The number of imide groups is 1. The Morgan fingerprint density at radius 3 is 2.25 bits per heavy atom. The van der Waals surface area contributed by atoms with Crippen molar-refractivity contribution in [2.24, 2.45) is 0 Å². The van der Waals surface area contributed by atoms with Crippen LogP contribution in [-0.2, 0) is 9.59 Å². The van der Waals surface area contributed by atoms with Crippen LogP contribution in [0.5, 0.6) is 0 Å². The van der Waals surface area contributed by atoms with Gasteiger partial charge in [0.05, 0.1) is 10.5 Å². The summed E-state index contributed by atoms with van der Waals surface area (Å²) in [5.74, 6) is -0.00801. The van der Waals surface area contributed by atoms with Crippen LogP contribution in [0.2, 0.25) is 0 Å². The van der Waals surface area contributed by atoms with Crippen LogP contribution in [0.1, 0.15) is 51.0 Å². The van der Waals surface area contributed by atoms with Gasteiger partial charge in [-0.05, 0) is 36.3 Å². The molecule has 1 aromatic rings. The molecule has 3 rings (SSSR count). The van der Waals surface area contributed by atoms with Gasteiger partial charge in [-0.2, -0.15) is 0 Å². The standard InChI is InChI=1S/C19H22FNO2S/c1-2-24-17-16(13-9-11-14(20)12-10-13)18(22)21(19(17)23)15-7-5-3-4-6-8-15/h9-12,15H,2-8H2,1H3. The van der Waals surface area contributed by atoms with Gasteiger partial charge in [0.25, 0.3) is 11.8 Å². The molecular formula is C19H22FNO2S. The molecule has 0 bridgehead atoms. The molecule has 0 atom stereocenters. The van der Waals surface area contributed by atoms with Crippen molar-refractivity contribution in [3.8, 4) is 0 Å². The SMILES string of the molecule is CCSC1=C(c2ccc(F)cc2)C(=O)N(C2CCCCCC2)C1=O. The van der Waals surface area contributed by atoms with Gasteiger partial charge >= 0.3 is 0 Å². The molecule has 1 aliphatic heterocycles. The van der Waals surface area contributed by atoms with E-state index in [1.807, 2.05) is 6.92 Å². The van der Waals surface area contributed by atoms with Crippen LogP contribution in [0.25, 0.3) is 5.57 Å². The maximum absolute atomic E-state index is 13.2. The fraction of sp³-hybridized carbons (Fsp3) is 0.474. The van der Waals surface area contributed by atoms with Gasteiger partial charge in [0, 0.05) is 6.04 Å². The van der Waals surface area contributed by atoms with Crippen molar-refractivity contribution in [3.05, 3.63) is 40.6 Å². The summed E-state index contributed by atoms with van der Waals surface area (Å²) in [6.07, 6.45) is 6.23. The minimum atomic E-state index is -0.346. The Bertz CT molecular complexity index is 660. The van der Waals surface area contributed by atoms with E-state index >= 15 is 0 Å². The van der Waals surface area contributed by atoms with E-state index in [1.165, 1.54) is 41.6 Å². The first-order chi connectivity index (χ1) is 11.6. The molecule has 3 nitrogen and oxygen atoms in total. The molecule has 5 heteroatoms. The van der Waals surface area contributed by atoms with E-state index < -0.39 is 0 Å². The quantitative estimate of drug-likeness (QED) is 0.599. The largest absolute Gasteiger partial charge is 0.271 e. The predicted molar refractivity (Wildman–Crippen MR) is 94.8 cm³/mol. The summed E-state index contributed by atoms with van der Waals surface area (Å²) in [4.78, 5) is 27.9. The van der Waals surface area contributed by atoms with Gasteiger partial charge in [0.1, 0.15) is 5.82 Å². The maximum atomic E-state index is 13.2. The zero-order valence-corrected chi connectivity index (χ0v) is 14.7. The summed E-state index contributed by atoms with van der Waals surface area (Å²) in [5.41, 5.74) is 1.07. The molecule has 0 N–H and O–H groups in total. The number of hydrogen-bond donors (Lipinski definition) is 0. The molecule has 0 radical (unpaired) electrons. The number of amides is 2. The molecule has 1 aromatic carbocycles. The van der Waals surface area contributed by atoms with Crippen molar-refractivity contribution in [3.63, 3.8) is 0 Å². The minimum absolute atomic E-state index is 0.00194. The predicted octanol–water partition coefficient (Wildman–Crippen LogP) is 4.38. The number of carbonyl (C=O) groups excluding carboxylic acids is 2. The summed E-state index contributed by atoms with van der Waals surface area (Å²) >= 11 is 1.40. The molecular weight excluding hydrogens is 325 g/mol. The number of rotatable bonds is 4. The molecule has 0 spiro atoms. The van der Waals surface area contributed by atoms with Gasteiger partial charge in [-0.25, -0.2) is 4.39 Å². The Balaban J connectivity index is 1.96. The Kier molecular flexibility index (Phi) is 5.39. The van der Waals surface area contributed by atoms with E-state index in [-0.39, 0.29) is 23.7 Å². The molecule has 2 amide bonds. The maximum Gasteiger partial charge on any atom is 0.268 e. The Hall–Kier alpha value is -1.62. The Labute approximate surface area is 146 Å². The van der Waals surface area contributed by atoms with E-state index in [4.69, 9.17) is 0 Å². The Morgan fingerprint density at radius 1 is 1.04 bits per heavy atom. The molecule has 0 unspecified atom stereocenters. The first-order valence-electron chi connectivity index (χ1n) is 8.64. The van der Waals surface area contributed by atoms with Crippen LogP contribution in [0.3, 0.4) is 0 Å². The third-order valence-electron chi connectivity index (χ3n) is 4.68. The highest BCUT2D eigenvalue weighted by Crippen LogP contribution is 2.38. The van der Waals surface area contributed by atoms with Crippen LogP contribution in [0.15, 0.2) is 29.2 Å². The summed E-state index contributed by atoms with van der Waals surface area (Å²) in [7, 11) is 0. The van der Waals surface area contributed by atoms with Crippen molar-refractivity contribution in [2.75, 3.05) is 5.75 Å². The summed E-state index contributed by atoms with van der Waals surface area (Å²) in [6, 6.07) is 5.84. The molecule has 1 heterocycles. The van der Waals surface area contributed by atoms with Crippen molar-refractivity contribution in [2.45, 2.75) is 51.5 Å². The first kappa shape index (κ1) is 17.2. The van der Waals surface area contributed by atoms with Gasteiger partial charge in [0.2, 0.25) is 0 Å². The number of nitrogens with zero attached hydrogens (tertiary/aromatic N) is 1. The summed E-state index contributed by atoms with van der Waals surface area (Å²) in [5, 5.41) is 0. The van der Waals surface area contributed by atoms with Gasteiger partial charge < -0.3 is 0 Å². The van der Waals surface area contributed by atoms with E-state index in [1.54, 1.807) is 12.1 Å². The lowest BCUT2D eigenvalue weighted by Gasteiger charge is -2.25. The second-order valence-electron chi connectivity index (χ2n) is 6.27.